The molecule has 0 saturated carbocycles. The van der Waals surface area contributed by atoms with Crippen LogP contribution in [0.1, 0.15) is 38.7 Å². The molecule has 3 nitrogen and oxygen atoms in total. The van der Waals surface area contributed by atoms with Crippen molar-refractivity contribution in [3.8, 4) is 0 Å². The molecule has 1 heterocycles. The highest BCUT2D eigenvalue weighted by Gasteiger charge is 2.20. The molecule has 0 aliphatic rings. The summed E-state index contributed by atoms with van der Waals surface area (Å²) in [7, 11) is 0. The SMILES string of the molecule is Cc1ccc(C)c(C(NC(=O)c2ccc(Cl)cc2)c2cccnc2)c1. The van der Waals surface area contributed by atoms with Gasteiger partial charge in [-0.25, -0.2) is 0 Å². The Morgan fingerprint density at radius 2 is 1.84 bits per heavy atom. The highest BCUT2D eigenvalue weighted by Crippen LogP contribution is 2.26. The van der Waals surface area contributed by atoms with E-state index in [-0.39, 0.29) is 11.9 Å². The predicted molar refractivity (Wildman–Crippen MR) is 101 cm³/mol. The van der Waals surface area contributed by atoms with Gasteiger partial charge in [0, 0.05) is 23.0 Å². The molecule has 1 atom stereocenters. The van der Waals surface area contributed by atoms with Crippen molar-refractivity contribution < 1.29 is 4.79 Å². The van der Waals surface area contributed by atoms with Crippen LogP contribution in [0, 0.1) is 13.8 Å². The van der Waals surface area contributed by atoms with Gasteiger partial charge in [0.1, 0.15) is 0 Å². The van der Waals surface area contributed by atoms with E-state index in [1.54, 1.807) is 36.7 Å². The van der Waals surface area contributed by atoms with E-state index >= 15 is 0 Å². The molecular formula is C21H19ClN2O. The van der Waals surface area contributed by atoms with Gasteiger partial charge in [0.2, 0.25) is 0 Å². The lowest BCUT2D eigenvalue weighted by molar-refractivity contribution is 0.0943. The number of amides is 1. The second-order valence-corrected chi connectivity index (χ2v) is 6.50. The van der Waals surface area contributed by atoms with Gasteiger partial charge < -0.3 is 5.32 Å². The van der Waals surface area contributed by atoms with Crippen molar-refractivity contribution in [3.63, 3.8) is 0 Å². The van der Waals surface area contributed by atoms with E-state index in [2.05, 4.69) is 28.5 Å². The molecule has 1 N–H and O–H groups in total. The van der Waals surface area contributed by atoms with Gasteiger partial charge in [-0.05, 0) is 60.9 Å². The number of halogens is 1. The summed E-state index contributed by atoms with van der Waals surface area (Å²) in [6.45, 7) is 4.09. The van der Waals surface area contributed by atoms with Crippen LogP contribution >= 0.6 is 11.6 Å². The zero-order chi connectivity index (χ0) is 17.8. The molecule has 0 aliphatic carbocycles. The number of carbonyl (C=O) groups excluding carboxylic acids is 1. The molecule has 4 heteroatoms. The quantitative estimate of drug-likeness (QED) is 0.729. The zero-order valence-corrected chi connectivity index (χ0v) is 14.9. The lowest BCUT2D eigenvalue weighted by atomic mass is 9.94. The van der Waals surface area contributed by atoms with E-state index in [9.17, 15) is 4.79 Å². The van der Waals surface area contributed by atoms with Gasteiger partial charge in [-0.1, -0.05) is 41.4 Å². The maximum atomic E-state index is 12.7. The number of nitrogens with zero attached hydrogens (tertiary/aromatic N) is 1. The molecule has 0 bridgehead atoms. The van der Waals surface area contributed by atoms with Crippen LogP contribution in [0.25, 0.3) is 0 Å². The topological polar surface area (TPSA) is 42.0 Å². The number of aromatic nitrogens is 1. The molecule has 3 rings (SSSR count). The van der Waals surface area contributed by atoms with Crippen molar-refractivity contribution in [1.29, 1.82) is 0 Å². The first-order valence-corrected chi connectivity index (χ1v) is 8.46. The lowest BCUT2D eigenvalue weighted by Gasteiger charge is -2.22. The molecule has 1 aromatic heterocycles. The Morgan fingerprint density at radius 1 is 1.08 bits per heavy atom. The van der Waals surface area contributed by atoms with E-state index in [1.165, 1.54) is 0 Å². The molecule has 3 aromatic rings. The molecule has 0 radical (unpaired) electrons. The normalized spacial score (nSPS) is 11.8. The Labute approximate surface area is 152 Å². The highest BCUT2D eigenvalue weighted by molar-refractivity contribution is 6.30. The molecular weight excluding hydrogens is 332 g/mol. The van der Waals surface area contributed by atoms with Crippen molar-refractivity contribution in [2.45, 2.75) is 19.9 Å². The van der Waals surface area contributed by atoms with Gasteiger partial charge in [0.05, 0.1) is 6.04 Å². The zero-order valence-electron chi connectivity index (χ0n) is 14.2. The minimum absolute atomic E-state index is 0.147. The van der Waals surface area contributed by atoms with Crippen LogP contribution in [0.2, 0.25) is 5.02 Å². The molecule has 0 aliphatic heterocycles. The van der Waals surface area contributed by atoms with Crippen molar-refractivity contribution in [3.05, 3.63) is 99.8 Å². The van der Waals surface area contributed by atoms with Crippen LogP contribution < -0.4 is 5.32 Å². The average molecular weight is 351 g/mol. The Bertz CT molecular complexity index is 876. The van der Waals surface area contributed by atoms with Gasteiger partial charge in [-0.3, -0.25) is 9.78 Å². The standard InChI is InChI=1S/C21H19ClN2O/c1-14-5-6-15(2)19(12-14)20(17-4-3-11-23-13-17)24-21(25)16-7-9-18(22)10-8-16/h3-13,20H,1-2H3,(H,24,25). The van der Waals surface area contributed by atoms with Gasteiger partial charge in [0.25, 0.3) is 5.91 Å². The summed E-state index contributed by atoms with van der Waals surface area (Å²) < 4.78 is 0. The van der Waals surface area contributed by atoms with Crippen LogP contribution in [0.4, 0.5) is 0 Å². The summed E-state index contributed by atoms with van der Waals surface area (Å²) >= 11 is 5.91. The van der Waals surface area contributed by atoms with Gasteiger partial charge in [0.15, 0.2) is 0 Å². The lowest BCUT2D eigenvalue weighted by Crippen LogP contribution is -2.30. The maximum Gasteiger partial charge on any atom is 0.252 e. The first-order chi connectivity index (χ1) is 12.0. The third kappa shape index (κ3) is 4.06. The largest absolute Gasteiger partial charge is 0.341 e. The van der Waals surface area contributed by atoms with E-state index < -0.39 is 0 Å². The Hall–Kier alpha value is -2.65. The summed E-state index contributed by atoms with van der Waals surface area (Å²) in [5, 5.41) is 3.74. The number of benzene rings is 2. The third-order valence-electron chi connectivity index (χ3n) is 4.15. The fraction of sp³-hybridized carbons (Fsp3) is 0.143. The highest BCUT2D eigenvalue weighted by atomic mass is 35.5. The number of carbonyl (C=O) groups is 1. The number of aryl methyl sites for hydroxylation is 2. The van der Waals surface area contributed by atoms with Gasteiger partial charge in [-0.2, -0.15) is 0 Å². The summed E-state index contributed by atoms with van der Waals surface area (Å²) in [6.07, 6.45) is 3.51. The number of hydrogen-bond acceptors (Lipinski definition) is 2. The van der Waals surface area contributed by atoms with Crippen molar-refractivity contribution >= 4 is 17.5 Å². The van der Waals surface area contributed by atoms with Crippen molar-refractivity contribution in [1.82, 2.24) is 10.3 Å². The summed E-state index contributed by atoms with van der Waals surface area (Å²) in [4.78, 5) is 16.9. The average Bonchev–Trinajstić information content (AvgIpc) is 2.63. The molecule has 0 spiro atoms. The van der Waals surface area contributed by atoms with Crippen LogP contribution in [0.15, 0.2) is 67.0 Å². The Balaban J connectivity index is 1.98. The predicted octanol–water partition coefficient (Wildman–Crippen LogP) is 4.87. The second-order valence-electron chi connectivity index (χ2n) is 6.06. The Morgan fingerprint density at radius 3 is 2.52 bits per heavy atom. The molecule has 0 fully saturated rings. The maximum absolute atomic E-state index is 12.7. The number of rotatable bonds is 4. The first-order valence-electron chi connectivity index (χ1n) is 8.08. The van der Waals surface area contributed by atoms with E-state index in [0.29, 0.717) is 10.6 Å². The van der Waals surface area contributed by atoms with Crippen molar-refractivity contribution in [2.75, 3.05) is 0 Å². The second kappa shape index (κ2) is 7.49. The monoisotopic (exact) mass is 350 g/mol. The van der Waals surface area contributed by atoms with Crippen LogP contribution in [-0.4, -0.2) is 10.9 Å². The van der Waals surface area contributed by atoms with Gasteiger partial charge in [-0.15, -0.1) is 0 Å². The molecule has 25 heavy (non-hydrogen) atoms. The molecule has 126 valence electrons. The van der Waals surface area contributed by atoms with Crippen molar-refractivity contribution in [2.24, 2.45) is 0 Å². The number of pyridine rings is 1. The number of hydrogen-bond donors (Lipinski definition) is 1. The Kier molecular flexibility index (Phi) is 5.15. The van der Waals surface area contributed by atoms with E-state index in [0.717, 1.165) is 22.3 Å². The van der Waals surface area contributed by atoms with Crippen LogP contribution in [0.3, 0.4) is 0 Å². The van der Waals surface area contributed by atoms with Gasteiger partial charge >= 0.3 is 0 Å². The summed E-state index contributed by atoms with van der Waals surface area (Å²) in [5.41, 5.74) is 4.85. The van der Waals surface area contributed by atoms with E-state index in [1.807, 2.05) is 26.0 Å². The smallest absolute Gasteiger partial charge is 0.252 e. The van der Waals surface area contributed by atoms with E-state index in [4.69, 9.17) is 11.6 Å². The molecule has 1 unspecified atom stereocenters. The minimum atomic E-state index is -0.267. The fourth-order valence-electron chi connectivity index (χ4n) is 2.77. The summed E-state index contributed by atoms with van der Waals surface area (Å²) in [5.74, 6) is -0.147. The van der Waals surface area contributed by atoms with Crippen LogP contribution in [0.5, 0.6) is 0 Å². The first kappa shape index (κ1) is 17.2. The molecule has 0 saturated heterocycles. The number of nitrogens with one attached hydrogen (secondary N) is 1. The van der Waals surface area contributed by atoms with Crippen LogP contribution in [-0.2, 0) is 0 Å². The summed E-state index contributed by atoms with van der Waals surface area (Å²) in [6, 6.07) is 16.7. The minimum Gasteiger partial charge on any atom is -0.341 e. The molecule has 2 aromatic carbocycles. The molecule has 1 amide bonds. The fourth-order valence-corrected chi connectivity index (χ4v) is 2.90. The third-order valence-corrected chi connectivity index (χ3v) is 4.40.